The third-order valence-corrected chi connectivity index (χ3v) is 3.24. The molecule has 17 heavy (non-hydrogen) atoms. The van der Waals surface area contributed by atoms with E-state index in [-0.39, 0.29) is 6.61 Å². The van der Waals surface area contributed by atoms with Gasteiger partial charge < -0.3 is 10.4 Å². The van der Waals surface area contributed by atoms with Gasteiger partial charge in [0.2, 0.25) is 0 Å². The highest BCUT2D eigenvalue weighted by Crippen LogP contribution is 2.29. The molecule has 1 aromatic heterocycles. The van der Waals surface area contributed by atoms with Gasteiger partial charge in [-0.2, -0.15) is 5.26 Å². The summed E-state index contributed by atoms with van der Waals surface area (Å²) in [5.41, 5.74) is 4.09. The van der Waals surface area contributed by atoms with Crippen molar-refractivity contribution < 1.29 is 5.11 Å². The molecule has 4 nitrogen and oxygen atoms in total. The van der Waals surface area contributed by atoms with Gasteiger partial charge in [0.1, 0.15) is 11.9 Å². The van der Waals surface area contributed by atoms with Crippen molar-refractivity contribution in [3.63, 3.8) is 0 Å². The van der Waals surface area contributed by atoms with Crippen LogP contribution in [0.4, 0.5) is 5.82 Å². The van der Waals surface area contributed by atoms with Crippen molar-refractivity contribution in [1.82, 2.24) is 4.98 Å². The second-order valence-electron chi connectivity index (χ2n) is 4.35. The van der Waals surface area contributed by atoms with E-state index in [4.69, 9.17) is 5.11 Å². The Morgan fingerprint density at radius 1 is 1.35 bits per heavy atom. The molecule has 1 aromatic rings. The Morgan fingerprint density at radius 3 is 2.71 bits per heavy atom. The van der Waals surface area contributed by atoms with Crippen LogP contribution in [0, 0.1) is 18.3 Å². The zero-order valence-electron chi connectivity index (χ0n) is 10.1. The van der Waals surface area contributed by atoms with Crippen LogP contribution in [0.3, 0.4) is 0 Å². The molecule has 0 aliphatic heterocycles. The zero-order chi connectivity index (χ0) is 12.3. The van der Waals surface area contributed by atoms with Gasteiger partial charge in [0, 0.05) is 12.2 Å². The van der Waals surface area contributed by atoms with E-state index in [1.807, 2.05) is 6.92 Å². The minimum Gasteiger partial charge on any atom is -0.395 e. The number of nitrogens with zero attached hydrogens (tertiary/aromatic N) is 2. The highest BCUT2D eigenvalue weighted by Gasteiger charge is 2.19. The molecule has 0 unspecified atom stereocenters. The molecule has 1 aliphatic rings. The first-order valence-electron chi connectivity index (χ1n) is 6.05. The Morgan fingerprint density at radius 2 is 2.06 bits per heavy atom. The summed E-state index contributed by atoms with van der Waals surface area (Å²) in [5.74, 6) is 0.625. The third kappa shape index (κ3) is 2.25. The minimum atomic E-state index is 0.0443. The molecule has 90 valence electrons. The van der Waals surface area contributed by atoms with Crippen molar-refractivity contribution in [3.8, 4) is 6.07 Å². The zero-order valence-corrected chi connectivity index (χ0v) is 10.1. The van der Waals surface area contributed by atoms with Gasteiger partial charge in [0.25, 0.3) is 0 Å². The van der Waals surface area contributed by atoms with Crippen LogP contribution in [0.2, 0.25) is 0 Å². The Kier molecular flexibility index (Phi) is 3.60. The van der Waals surface area contributed by atoms with Gasteiger partial charge in [0.15, 0.2) is 0 Å². The summed E-state index contributed by atoms with van der Waals surface area (Å²) in [5, 5.41) is 21.1. The molecule has 0 bridgehead atoms. The molecule has 2 N–H and O–H groups in total. The summed E-state index contributed by atoms with van der Waals surface area (Å²) >= 11 is 0. The van der Waals surface area contributed by atoms with E-state index in [1.165, 1.54) is 12.0 Å². The topological polar surface area (TPSA) is 68.9 Å². The second kappa shape index (κ2) is 5.15. The van der Waals surface area contributed by atoms with E-state index in [9.17, 15) is 5.26 Å². The predicted octanol–water partition coefficient (Wildman–Crippen LogP) is 1.54. The fourth-order valence-electron chi connectivity index (χ4n) is 2.44. The van der Waals surface area contributed by atoms with Gasteiger partial charge in [-0.05, 0) is 43.7 Å². The van der Waals surface area contributed by atoms with E-state index in [2.05, 4.69) is 16.4 Å². The molecule has 0 radical (unpaired) electrons. The summed E-state index contributed by atoms with van der Waals surface area (Å²) < 4.78 is 0. The summed E-state index contributed by atoms with van der Waals surface area (Å²) in [6, 6.07) is 2.25. The van der Waals surface area contributed by atoms with Crippen LogP contribution < -0.4 is 5.32 Å². The molecule has 1 aliphatic carbocycles. The number of rotatable bonds is 3. The average Bonchev–Trinajstić information content (AvgIpc) is 2.36. The molecule has 0 amide bonds. The minimum absolute atomic E-state index is 0.0443. The number of pyridine rings is 1. The van der Waals surface area contributed by atoms with Crippen LogP contribution in [0.15, 0.2) is 0 Å². The van der Waals surface area contributed by atoms with E-state index in [0.717, 1.165) is 30.5 Å². The SMILES string of the molecule is Cc1nc(NCCO)c(C#N)c2c1CCCC2. The smallest absolute Gasteiger partial charge is 0.144 e. The van der Waals surface area contributed by atoms with Crippen molar-refractivity contribution in [2.24, 2.45) is 0 Å². The maximum Gasteiger partial charge on any atom is 0.144 e. The first-order chi connectivity index (χ1) is 8.27. The molecule has 1 heterocycles. The number of aryl methyl sites for hydroxylation is 1. The highest BCUT2D eigenvalue weighted by molar-refractivity contribution is 5.60. The number of aromatic nitrogens is 1. The maximum absolute atomic E-state index is 9.27. The molecule has 0 fully saturated rings. The van der Waals surface area contributed by atoms with Crippen LogP contribution in [-0.4, -0.2) is 23.2 Å². The van der Waals surface area contributed by atoms with E-state index in [0.29, 0.717) is 17.9 Å². The van der Waals surface area contributed by atoms with Gasteiger partial charge in [-0.15, -0.1) is 0 Å². The van der Waals surface area contributed by atoms with Crippen LogP contribution >= 0.6 is 0 Å². The fourth-order valence-corrected chi connectivity index (χ4v) is 2.44. The lowest BCUT2D eigenvalue weighted by Crippen LogP contribution is -2.15. The number of hydrogen-bond donors (Lipinski definition) is 2. The quantitative estimate of drug-likeness (QED) is 0.828. The van der Waals surface area contributed by atoms with Crippen molar-refractivity contribution in [3.05, 3.63) is 22.4 Å². The van der Waals surface area contributed by atoms with Gasteiger partial charge in [0.05, 0.1) is 12.2 Å². The molecule has 0 saturated heterocycles. The Hall–Kier alpha value is -1.60. The fraction of sp³-hybridized carbons (Fsp3) is 0.538. The summed E-state index contributed by atoms with van der Waals surface area (Å²) in [7, 11) is 0. The first kappa shape index (κ1) is 11.9. The average molecular weight is 231 g/mol. The van der Waals surface area contributed by atoms with Crippen molar-refractivity contribution in [2.75, 3.05) is 18.5 Å². The molecule has 0 saturated carbocycles. The van der Waals surface area contributed by atoms with E-state index < -0.39 is 0 Å². The van der Waals surface area contributed by atoms with Crippen molar-refractivity contribution >= 4 is 5.82 Å². The molecular formula is C13H17N3O. The van der Waals surface area contributed by atoms with Gasteiger partial charge in [-0.1, -0.05) is 0 Å². The number of aliphatic hydroxyl groups excluding tert-OH is 1. The summed E-state index contributed by atoms with van der Waals surface area (Å²) in [6.45, 7) is 2.47. The number of hydrogen-bond acceptors (Lipinski definition) is 4. The Bertz CT molecular complexity index is 463. The maximum atomic E-state index is 9.27. The monoisotopic (exact) mass is 231 g/mol. The number of aliphatic hydroxyl groups is 1. The molecule has 4 heteroatoms. The number of anilines is 1. The lowest BCUT2D eigenvalue weighted by molar-refractivity contribution is 0.311. The molecular weight excluding hydrogens is 214 g/mol. The standard InChI is InChI=1S/C13H17N3O/c1-9-10-4-2-3-5-11(10)12(8-14)13(16-9)15-6-7-17/h17H,2-7H2,1H3,(H,15,16). The van der Waals surface area contributed by atoms with Crippen molar-refractivity contribution in [1.29, 1.82) is 5.26 Å². The molecule has 0 aromatic carbocycles. The summed E-state index contributed by atoms with van der Waals surface area (Å²) in [6.07, 6.45) is 4.33. The van der Waals surface area contributed by atoms with Gasteiger partial charge in [-0.3, -0.25) is 0 Å². The van der Waals surface area contributed by atoms with Gasteiger partial charge >= 0.3 is 0 Å². The van der Waals surface area contributed by atoms with Crippen molar-refractivity contribution in [2.45, 2.75) is 32.6 Å². The predicted molar refractivity (Wildman–Crippen MR) is 65.9 cm³/mol. The van der Waals surface area contributed by atoms with Gasteiger partial charge in [-0.25, -0.2) is 4.98 Å². The highest BCUT2D eigenvalue weighted by atomic mass is 16.3. The van der Waals surface area contributed by atoms with E-state index >= 15 is 0 Å². The number of fused-ring (bicyclic) bond motifs is 1. The molecule has 2 rings (SSSR count). The molecule has 0 spiro atoms. The summed E-state index contributed by atoms with van der Waals surface area (Å²) in [4.78, 5) is 4.45. The largest absolute Gasteiger partial charge is 0.395 e. The Labute approximate surface area is 101 Å². The van der Waals surface area contributed by atoms with Crippen LogP contribution in [-0.2, 0) is 12.8 Å². The number of nitriles is 1. The lowest BCUT2D eigenvalue weighted by Gasteiger charge is -2.21. The second-order valence-corrected chi connectivity index (χ2v) is 4.35. The van der Waals surface area contributed by atoms with Crippen LogP contribution in [0.5, 0.6) is 0 Å². The normalized spacial score (nSPS) is 13.9. The third-order valence-electron chi connectivity index (χ3n) is 3.24. The first-order valence-corrected chi connectivity index (χ1v) is 6.05. The number of nitrogens with one attached hydrogen (secondary N) is 1. The lowest BCUT2D eigenvalue weighted by atomic mass is 9.88. The Balaban J connectivity index is 2.47. The van der Waals surface area contributed by atoms with E-state index in [1.54, 1.807) is 0 Å². The molecule has 0 atom stereocenters. The van der Waals surface area contributed by atoms with Crippen LogP contribution in [0.25, 0.3) is 0 Å². The van der Waals surface area contributed by atoms with Crippen LogP contribution in [0.1, 0.15) is 35.2 Å².